The molecule has 0 heterocycles. The Morgan fingerprint density at radius 3 is 2.57 bits per heavy atom. The number of nitrogen functional groups attached to an aromatic ring is 1. The van der Waals surface area contributed by atoms with E-state index in [0.29, 0.717) is 11.3 Å². The summed E-state index contributed by atoms with van der Waals surface area (Å²) in [6, 6.07) is 10.8. The number of nitrogens with zero attached hydrogens (tertiary/aromatic N) is 1. The van der Waals surface area contributed by atoms with Gasteiger partial charge < -0.3 is 5.73 Å². The van der Waals surface area contributed by atoms with Gasteiger partial charge in [-0.1, -0.05) is 11.6 Å². The lowest BCUT2D eigenvalue weighted by Crippen LogP contribution is -2.14. The van der Waals surface area contributed by atoms with Gasteiger partial charge in [0, 0.05) is 5.69 Å². The molecule has 5 nitrogen and oxygen atoms in total. The topological polar surface area (TPSA) is 96.0 Å². The second kappa shape index (κ2) is 5.64. The summed E-state index contributed by atoms with van der Waals surface area (Å²) in [5, 5.41) is 9.18. The Bertz CT molecular complexity index is 842. The van der Waals surface area contributed by atoms with Crippen LogP contribution in [0.25, 0.3) is 0 Å². The summed E-state index contributed by atoms with van der Waals surface area (Å²) in [6.07, 6.45) is 0. The maximum atomic E-state index is 12.4. The van der Waals surface area contributed by atoms with Crippen molar-refractivity contribution in [1.82, 2.24) is 0 Å². The molecule has 2 aromatic carbocycles. The Kier molecular flexibility index (Phi) is 4.07. The van der Waals surface area contributed by atoms with Crippen molar-refractivity contribution < 1.29 is 8.42 Å². The van der Waals surface area contributed by atoms with Gasteiger partial charge in [0.15, 0.2) is 0 Å². The molecule has 0 aliphatic heterocycles. The van der Waals surface area contributed by atoms with Gasteiger partial charge in [0.1, 0.15) is 6.07 Å². The molecule has 0 aromatic heterocycles. The lowest BCUT2D eigenvalue weighted by Gasteiger charge is -2.11. The van der Waals surface area contributed by atoms with E-state index < -0.39 is 10.0 Å². The summed E-state index contributed by atoms with van der Waals surface area (Å²) in [6.45, 7) is 1.66. The van der Waals surface area contributed by atoms with Crippen LogP contribution in [-0.4, -0.2) is 8.42 Å². The third kappa shape index (κ3) is 3.27. The molecule has 0 saturated carbocycles. The molecule has 0 saturated heterocycles. The molecule has 0 bridgehead atoms. The van der Waals surface area contributed by atoms with Crippen LogP contribution >= 0.6 is 11.6 Å². The fraction of sp³-hybridized carbons (Fsp3) is 0.0714. The number of sulfonamides is 1. The monoisotopic (exact) mass is 321 g/mol. The van der Waals surface area contributed by atoms with Crippen molar-refractivity contribution in [3.05, 3.63) is 52.5 Å². The fourth-order valence-corrected chi connectivity index (χ4v) is 3.30. The third-order valence-electron chi connectivity index (χ3n) is 2.83. The second-order valence-corrected chi connectivity index (χ2v) is 6.49. The number of hydrogen-bond acceptors (Lipinski definition) is 4. The van der Waals surface area contributed by atoms with E-state index >= 15 is 0 Å². The van der Waals surface area contributed by atoms with E-state index in [0.717, 1.165) is 0 Å². The number of halogens is 1. The van der Waals surface area contributed by atoms with Crippen molar-refractivity contribution in [1.29, 1.82) is 5.26 Å². The Morgan fingerprint density at radius 1 is 1.24 bits per heavy atom. The van der Waals surface area contributed by atoms with E-state index in [4.69, 9.17) is 22.6 Å². The van der Waals surface area contributed by atoms with Crippen LogP contribution in [0.2, 0.25) is 5.02 Å². The largest absolute Gasteiger partial charge is 0.399 e. The number of hydrogen-bond donors (Lipinski definition) is 2. The zero-order valence-electron chi connectivity index (χ0n) is 11.1. The highest BCUT2D eigenvalue weighted by Gasteiger charge is 2.17. The maximum absolute atomic E-state index is 12.4. The highest BCUT2D eigenvalue weighted by atomic mass is 35.5. The van der Waals surface area contributed by atoms with Crippen molar-refractivity contribution in [3.8, 4) is 6.07 Å². The molecule has 2 rings (SSSR count). The Morgan fingerprint density at radius 2 is 1.95 bits per heavy atom. The minimum absolute atomic E-state index is 0.130. The fourth-order valence-electron chi connectivity index (χ4n) is 1.86. The predicted molar refractivity (Wildman–Crippen MR) is 82.6 cm³/mol. The molecule has 2 aromatic rings. The van der Waals surface area contributed by atoms with Crippen molar-refractivity contribution in [2.75, 3.05) is 10.5 Å². The summed E-state index contributed by atoms with van der Waals surface area (Å²) >= 11 is 5.81. The zero-order chi connectivity index (χ0) is 15.6. The van der Waals surface area contributed by atoms with E-state index in [1.165, 1.54) is 30.3 Å². The minimum atomic E-state index is -3.76. The van der Waals surface area contributed by atoms with Gasteiger partial charge in [-0.2, -0.15) is 5.26 Å². The van der Waals surface area contributed by atoms with Gasteiger partial charge in [0.2, 0.25) is 0 Å². The van der Waals surface area contributed by atoms with Gasteiger partial charge in [-0.3, -0.25) is 4.72 Å². The van der Waals surface area contributed by atoms with E-state index in [1.807, 2.05) is 6.07 Å². The summed E-state index contributed by atoms with van der Waals surface area (Å²) in [5.41, 5.74) is 7.11. The smallest absolute Gasteiger partial charge is 0.262 e. The first-order valence-electron chi connectivity index (χ1n) is 5.92. The van der Waals surface area contributed by atoms with Crippen molar-refractivity contribution >= 4 is 33.0 Å². The molecule has 7 heteroatoms. The van der Waals surface area contributed by atoms with Crippen molar-refractivity contribution in [2.45, 2.75) is 11.8 Å². The van der Waals surface area contributed by atoms with Gasteiger partial charge in [-0.05, 0) is 48.9 Å². The van der Waals surface area contributed by atoms with Crippen LogP contribution in [0.4, 0.5) is 11.4 Å². The molecule has 21 heavy (non-hydrogen) atoms. The quantitative estimate of drug-likeness (QED) is 0.849. The predicted octanol–water partition coefficient (Wildman–Crippen LogP) is 2.90. The molecular formula is C14H12ClN3O2S. The molecule has 0 fully saturated rings. The number of nitriles is 1. The van der Waals surface area contributed by atoms with E-state index in [1.54, 1.807) is 13.0 Å². The van der Waals surface area contributed by atoms with Gasteiger partial charge in [0.25, 0.3) is 10.0 Å². The molecular weight excluding hydrogens is 310 g/mol. The lowest BCUT2D eigenvalue weighted by atomic mass is 10.2. The van der Waals surface area contributed by atoms with Crippen molar-refractivity contribution in [2.24, 2.45) is 0 Å². The summed E-state index contributed by atoms with van der Waals surface area (Å²) in [5.74, 6) is 0. The van der Waals surface area contributed by atoms with Crippen LogP contribution in [0.3, 0.4) is 0 Å². The average molecular weight is 322 g/mol. The standard InChI is InChI=1S/C14H12ClN3O2S/c1-9-6-11(17)2-5-14(9)21(19,20)18-12-3-4-13(15)10(7-12)8-16/h2-7,18H,17H2,1H3. The first kappa shape index (κ1) is 15.2. The molecule has 0 spiro atoms. The normalized spacial score (nSPS) is 10.9. The molecule has 0 amide bonds. The number of benzene rings is 2. The van der Waals surface area contributed by atoms with Gasteiger partial charge >= 0.3 is 0 Å². The maximum Gasteiger partial charge on any atom is 0.262 e. The highest BCUT2D eigenvalue weighted by molar-refractivity contribution is 7.92. The second-order valence-electron chi connectivity index (χ2n) is 4.44. The first-order chi connectivity index (χ1) is 9.83. The molecule has 0 aliphatic carbocycles. The van der Waals surface area contributed by atoms with Crippen LogP contribution in [0, 0.1) is 18.3 Å². The van der Waals surface area contributed by atoms with Crippen LogP contribution < -0.4 is 10.5 Å². The molecule has 108 valence electrons. The minimum Gasteiger partial charge on any atom is -0.399 e. The first-order valence-corrected chi connectivity index (χ1v) is 7.78. The number of anilines is 2. The summed E-state index contributed by atoms with van der Waals surface area (Å²) in [4.78, 5) is 0.130. The Hall–Kier alpha value is -2.23. The van der Waals surface area contributed by atoms with E-state index in [9.17, 15) is 8.42 Å². The third-order valence-corrected chi connectivity index (χ3v) is 4.70. The molecule has 0 unspecified atom stereocenters. The van der Waals surface area contributed by atoms with Crippen molar-refractivity contribution in [3.63, 3.8) is 0 Å². The number of nitrogens with one attached hydrogen (secondary N) is 1. The number of nitrogens with two attached hydrogens (primary N) is 1. The SMILES string of the molecule is Cc1cc(N)ccc1S(=O)(=O)Nc1ccc(Cl)c(C#N)c1. The Balaban J connectivity index is 2.40. The summed E-state index contributed by atoms with van der Waals surface area (Å²) < 4.78 is 27.1. The molecule has 3 N–H and O–H groups in total. The zero-order valence-corrected chi connectivity index (χ0v) is 12.7. The molecule has 0 aliphatic rings. The van der Waals surface area contributed by atoms with Crippen LogP contribution in [-0.2, 0) is 10.0 Å². The van der Waals surface area contributed by atoms with E-state index in [2.05, 4.69) is 4.72 Å². The summed E-state index contributed by atoms with van der Waals surface area (Å²) in [7, 11) is -3.76. The van der Waals surface area contributed by atoms with Crippen LogP contribution in [0.1, 0.15) is 11.1 Å². The van der Waals surface area contributed by atoms with Crippen LogP contribution in [0.15, 0.2) is 41.3 Å². The lowest BCUT2D eigenvalue weighted by molar-refractivity contribution is 0.600. The number of rotatable bonds is 3. The van der Waals surface area contributed by atoms with Gasteiger partial charge in [0.05, 0.1) is 21.2 Å². The Labute approximate surface area is 128 Å². The van der Waals surface area contributed by atoms with Crippen LogP contribution in [0.5, 0.6) is 0 Å². The van der Waals surface area contributed by atoms with E-state index in [-0.39, 0.29) is 21.2 Å². The molecule has 0 atom stereocenters. The highest BCUT2D eigenvalue weighted by Crippen LogP contribution is 2.24. The molecule has 0 radical (unpaired) electrons. The van der Waals surface area contributed by atoms with Gasteiger partial charge in [-0.25, -0.2) is 8.42 Å². The number of aryl methyl sites for hydroxylation is 1. The average Bonchev–Trinajstić information content (AvgIpc) is 2.40. The van der Waals surface area contributed by atoms with Gasteiger partial charge in [-0.15, -0.1) is 0 Å².